The highest BCUT2D eigenvalue weighted by molar-refractivity contribution is 4.78. The molecule has 0 aromatic carbocycles. The van der Waals surface area contributed by atoms with Gasteiger partial charge in [0.25, 0.3) is 0 Å². The van der Waals surface area contributed by atoms with Crippen LogP contribution in [0.1, 0.15) is 6.42 Å². The van der Waals surface area contributed by atoms with Crippen LogP contribution in [0.15, 0.2) is 0 Å². The second kappa shape index (κ2) is 7.12. The molecule has 1 saturated heterocycles. The van der Waals surface area contributed by atoms with Crippen molar-refractivity contribution in [2.75, 3.05) is 39.3 Å². The van der Waals surface area contributed by atoms with Gasteiger partial charge in [0.2, 0.25) is 0 Å². The Hall–Kier alpha value is -0.580. The fourth-order valence-electron chi connectivity index (χ4n) is 2.09. The van der Waals surface area contributed by atoms with Crippen molar-refractivity contribution < 1.29 is 36.6 Å². The van der Waals surface area contributed by atoms with Crippen LogP contribution in [-0.4, -0.2) is 83.8 Å². The highest BCUT2D eigenvalue weighted by Gasteiger charge is 2.40. The average molecular weight is 324 g/mol. The molecular weight excluding hydrogens is 306 g/mol. The molecule has 10 heteroatoms. The maximum atomic E-state index is 12.2. The van der Waals surface area contributed by atoms with Crippen molar-refractivity contribution in [2.45, 2.75) is 31.0 Å². The molecule has 1 aliphatic rings. The summed E-state index contributed by atoms with van der Waals surface area (Å²) in [4.78, 5) is 2.72. The first-order chi connectivity index (χ1) is 9.50. The number of aliphatic hydroxyl groups is 2. The maximum absolute atomic E-state index is 12.2. The van der Waals surface area contributed by atoms with E-state index in [4.69, 9.17) is 10.2 Å². The third-order valence-corrected chi connectivity index (χ3v) is 3.30. The van der Waals surface area contributed by atoms with E-state index in [1.807, 2.05) is 0 Å². The van der Waals surface area contributed by atoms with Crippen molar-refractivity contribution in [1.29, 1.82) is 0 Å². The molecule has 1 heterocycles. The van der Waals surface area contributed by atoms with Crippen LogP contribution in [0.4, 0.5) is 26.3 Å². The monoisotopic (exact) mass is 324 g/mol. The first-order valence-electron chi connectivity index (χ1n) is 6.44. The molecule has 1 aliphatic heterocycles. The summed E-state index contributed by atoms with van der Waals surface area (Å²) in [6.07, 6.45) is -14.0. The van der Waals surface area contributed by atoms with Gasteiger partial charge in [0.05, 0.1) is 0 Å². The van der Waals surface area contributed by atoms with Crippen molar-refractivity contribution in [1.82, 2.24) is 9.80 Å². The topological polar surface area (TPSA) is 46.9 Å². The normalized spacial score (nSPS) is 22.9. The van der Waals surface area contributed by atoms with E-state index in [1.165, 1.54) is 9.80 Å². The third kappa shape index (κ3) is 6.37. The summed E-state index contributed by atoms with van der Waals surface area (Å²) in [6, 6.07) is 0. The smallest absolute Gasteiger partial charge is 0.382 e. The van der Waals surface area contributed by atoms with Gasteiger partial charge in [-0.2, -0.15) is 26.3 Å². The summed E-state index contributed by atoms with van der Waals surface area (Å²) in [5.74, 6) is 0. The molecule has 1 fully saturated rings. The van der Waals surface area contributed by atoms with Crippen molar-refractivity contribution in [3.63, 3.8) is 0 Å². The van der Waals surface area contributed by atoms with Crippen LogP contribution in [-0.2, 0) is 0 Å². The Morgan fingerprint density at radius 1 is 0.714 bits per heavy atom. The number of hydrogen-bond acceptors (Lipinski definition) is 4. The largest absolute Gasteiger partial charge is 0.415 e. The quantitative estimate of drug-likeness (QED) is 0.753. The van der Waals surface area contributed by atoms with Gasteiger partial charge in [-0.3, -0.25) is 9.80 Å². The van der Waals surface area contributed by atoms with Crippen LogP contribution in [0.2, 0.25) is 0 Å². The highest BCUT2D eigenvalue weighted by Crippen LogP contribution is 2.22. The molecule has 2 atom stereocenters. The molecular formula is C11H18F6N2O2. The first-order valence-corrected chi connectivity index (χ1v) is 6.44. The fraction of sp³-hybridized carbons (Fsp3) is 1.00. The average Bonchev–Trinajstić information content (AvgIpc) is 2.52. The Labute approximate surface area is 117 Å². The van der Waals surface area contributed by atoms with E-state index in [9.17, 15) is 26.3 Å². The number of β-amino-alcohol motifs (C(OH)–C–C–N with tert-alkyl or cyclic N) is 2. The van der Waals surface area contributed by atoms with E-state index in [0.29, 0.717) is 6.42 Å². The van der Waals surface area contributed by atoms with Gasteiger partial charge in [0, 0.05) is 26.2 Å². The molecule has 0 unspecified atom stereocenters. The van der Waals surface area contributed by atoms with Crippen molar-refractivity contribution >= 4 is 0 Å². The maximum Gasteiger partial charge on any atom is 0.415 e. The lowest BCUT2D eigenvalue weighted by Crippen LogP contribution is -2.44. The minimum atomic E-state index is -4.71. The number of hydrogen-bond donors (Lipinski definition) is 2. The van der Waals surface area contributed by atoms with Gasteiger partial charge in [-0.15, -0.1) is 0 Å². The molecule has 0 bridgehead atoms. The lowest BCUT2D eigenvalue weighted by Gasteiger charge is -2.26. The minimum absolute atomic E-state index is 0.109. The second-order valence-electron chi connectivity index (χ2n) is 5.07. The van der Waals surface area contributed by atoms with Crippen LogP contribution in [0.3, 0.4) is 0 Å². The lowest BCUT2D eigenvalue weighted by molar-refractivity contribution is -0.209. The van der Waals surface area contributed by atoms with Crippen molar-refractivity contribution in [3.8, 4) is 0 Å². The summed E-state index contributed by atoms with van der Waals surface area (Å²) in [6.45, 7) is -0.467. The second-order valence-corrected chi connectivity index (χ2v) is 5.07. The summed E-state index contributed by atoms with van der Waals surface area (Å²) >= 11 is 0. The van der Waals surface area contributed by atoms with E-state index in [-0.39, 0.29) is 26.2 Å². The SMILES string of the molecule is O[C@H](CN1CCCN(C[C@H](O)C(F)(F)F)CC1)C(F)(F)F. The molecule has 0 amide bonds. The third-order valence-electron chi connectivity index (χ3n) is 3.30. The molecule has 0 radical (unpaired) electrons. The summed E-state index contributed by atoms with van der Waals surface area (Å²) < 4.78 is 73.4. The zero-order chi connectivity index (χ0) is 16.3. The number of nitrogens with zero attached hydrogens (tertiary/aromatic N) is 2. The van der Waals surface area contributed by atoms with E-state index < -0.39 is 37.7 Å². The van der Waals surface area contributed by atoms with Crippen LogP contribution in [0.25, 0.3) is 0 Å². The standard InChI is InChI=1S/C11H18F6N2O2/c12-10(13,14)8(20)6-18-2-1-3-19(5-4-18)7-9(21)11(15,16)17/h8-9,20-21H,1-7H2/t8-,9+. The minimum Gasteiger partial charge on any atom is -0.382 e. The fourth-order valence-corrected chi connectivity index (χ4v) is 2.09. The summed E-state index contributed by atoms with van der Waals surface area (Å²) in [7, 11) is 0. The zero-order valence-corrected chi connectivity index (χ0v) is 11.2. The van der Waals surface area contributed by atoms with Gasteiger partial charge in [0.1, 0.15) is 0 Å². The predicted molar refractivity (Wildman–Crippen MR) is 61.6 cm³/mol. The number of halogens is 6. The molecule has 0 spiro atoms. The Morgan fingerprint density at radius 3 is 1.33 bits per heavy atom. The number of aliphatic hydroxyl groups excluding tert-OH is 2. The van der Waals surface area contributed by atoms with E-state index in [2.05, 4.69) is 0 Å². The number of rotatable bonds is 4. The Morgan fingerprint density at radius 2 is 1.05 bits per heavy atom. The molecule has 21 heavy (non-hydrogen) atoms. The van der Waals surface area contributed by atoms with Crippen LogP contribution in [0.5, 0.6) is 0 Å². The van der Waals surface area contributed by atoms with Gasteiger partial charge in [-0.1, -0.05) is 0 Å². The first kappa shape index (κ1) is 18.5. The Balaban J connectivity index is 2.44. The molecule has 2 N–H and O–H groups in total. The van der Waals surface area contributed by atoms with Gasteiger partial charge in [0.15, 0.2) is 12.2 Å². The van der Waals surface area contributed by atoms with Crippen LogP contribution in [0, 0.1) is 0 Å². The number of alkyl halides is 6. The van der Waals surface area contributed by atoms with Crippen LogP contribution < -0.4 is 0 Å². The summed E-state index contributed by atoms with van der Waals surface area (Å²) in [5.41, 5.74) is 0. The molecule has 126 valence electrons. The van der Waals surface area contributed by atoms with E-state index >= 15 is 0 Å². The molecule has 0 saturated carbocycles. The summed E-state index contributed by atoms with van der Waals surface area (Å²) in [5, 5.41) is 18.0. The molecule has 0 aromatic rings. The molecule has 0 aromatic heterocycles. The van der Waals surface area contributed by atoms with Gasteiger partial charge >= 0.3 is 12.4 Å². The Bertz CT molecular complexity index is 293. The van der Waals surface area contributed by atoms with Gasteiger partial charge in [-0.05, 0) is 19.5 Å². The highest BCUT2D eigenvalue weighted by atomic mass is 19.4. The van der Waals surface area contributed by atoms with Gasteiger partial charge in [-0.25, -0.2) is 0 Å². The zero-order valence-electron chi connectivity index (χ0n) is 11.2. The van der Waals surface area contributed by atoms with Gasteiger partial charge < -0.3 is 10.2 Å². The Kier molecular flexibility index (Phi) is 6.26. The lowest BCUT2D eigenvalue weighted by atomic mass is 10.3. The van der Waals surface area contributed by atoms with E-state index in [0.717, 1.165) is 0 Å². The predicted octanol–water partition coefficient (Wildman–Crippen LogP) is 0.840. The molecule has 0 aliphatic carbocycles. The molecule has 4 nitrogen and oxygen atoms in total. The van der Waals surface area contributed by atoms with E-state index in [1.54, 1.807) is 0 Å². The van der Waals surface area contributed by atoms with Crippen molar-refractivity contribution in [2.24, 2.45) is 0 Å². The molecule has 1 rings (SSSR count). The van der Waals surface area contributed by atoms with Crippen molar-refractivity contribution in [3.05, 3.63) is 0 Å². The van der Waals surface area contributed by atoms with Crippen LogP contribution >= 0.6 is 0 Å².